The molecule has 3 heterocycles. The van der Waals surface area contributed by atoms with Crippen molar-refractivity contribution in [3.05, 3.63) is 199 Å². The molecule has 5 heteroatoms. The van der Waals surface area contributed by atoms with Gasteiger partial charge in [0.05, 0.1) is 0 Å². The Morgan fingerprint density at radius 2 is 0.984 bits per heavy atom. The molecule has 3 unspecified atom stereocenters. The summed E-state index contributed by atoms with van der Waals surface area (Å²) in [5.41, 5.74) is 12.8. The Kier molecular flexibility index (Phi) is 7.00. The fourth-order valence-electron chi connectivity index (χ4n) is 10.7. The second-order valence-electron chi connectivity index (χ2n) is 17.0. The summed E-state index contributed by atoms with van der Waals surface area (Å²) >= 11 is 0. The summed E-state index contributed by atoms with van der Waals surface area (Å²) in [7, 11) is 0. The summed E-state index contributed by atoms with van der Waals surface area (Å²) in [6, 6.07) is 64.8. The minimum Gasteiger partial charge on any atom is -0.456 e. The molecule has 290 valence electrons. The lowest BCUT2D eigenvalue weighted by atomic mass is 9.88. The first-order valence-electron chi connectivity index (χ1n) is 21.4. The van der Waals surface area contributed by atoms with Crippen molar-refractivity contribution in [2.45, 2.75) is 18.3 Å². The standard InChI is InChI=1S/C57H35N3O2/c1-2-12-33-27-36(22-21-32(33)11-1)55-58-56(37-23-24-42-40-16-7-9-19-48(40)61-50(42)31-37)60-57(59-55)45-26-25-44-41-17-8-10-20-49(41)62-54(44)53(45)52-47-30-38-28-34-13-3-4-14-35(34)29-46(38)39-15-5-6-18-43(39)51(47)52/h1-29,31,47,51-52H,30H2. The van der Waals surface area contributed by atoms with Crippen molar-refractivity contribution >= 4 is 65.4 Å². The van der Waals surface area contributed by atoms with Gasteiger partial charge in [0.2, 0.25) is 0 Å². The van der Waals surface area contributed by atoms with Crippen LogP contribution in [0.4, 0.5) is 0 Å². The van der Waals surface area contributed by atoms with Gasteiger partial charge in [-0.2, -0.15) is 0 Å². The smallest absolute Gasteiger partial charge is 0.164 e. The van der Waals surface area contributed by atoms with E-state index in [1.54, 1.807) is 0 Å². The average molecular weight is 794 g/mol. The van der Waals surface area contributed by atoms with E-state index in [9.17, 15) is 0 Å². The van der Waals surface area contributed by atoms with Crippen molar-refractivity contribution < 1.29 is 8.83 Å². The summed E-state index contributed by atoms with van der Waals surface area (Å²) in [6.07, 6.45) is 0.961. The highest BCUT2D eigenvalue weighted by Gasteiger charge is 2.55. The van der Waals surface area contributed by atoms with Gasteiger partial charge in [0.15, 0.2) is 17.5 Å². The maximum absolute atomic E-state index is 6.97. The molecule has 1 saturated carbocycles. The van der Waals surface area contributed by atoms with Crippen LogP contribution in [0.3, 0.4) is 0 Å². The number of benzene rings is 9. The number of rotatable bonds is 4. The highest BCUT2D eigenvalue weighted by Crippen LogP contribution is 2.67. The Bertz CT molecular complexity index is 3840. The van der Waals surface area contributed by atoms with E-state index in [0.717, 1.165) is 72.4 Å². The normalized spacial score (nSPS) is 16.8. The van der Waals surface area contributed by atoms with Crippen molar-refractivity contribution in [1.29, 1.82) is 0 Å². The van der Waals surface area contributed by atoms with E-state index < -0.39 is 0 Å². The van der Waals surface area contributed by atoms with Gasteiger partial charge in [0, 0.05) is 43.8 Å². The SMILES string of the molecule is c1ccc2c(c1)-c1cc3ccccc3cc1CC1C2C1c1c(-c2nc(-c3ccc4ccccc4c3)nc(-c3ccc4c(c3)oc3ccccc34)n2)ccc2c1oc1ccccc12. The second kappa shape index (κ2) is 12.8. The number of hydrogen-bond donors (Lipinski definition) is 0. The van der Waals surface area contributed by atoms with E-state index in [1.165, 1.54) is 44.0 Å². The highest BCUT2D eigenvalue weighted by atomic mass is 16.3. The number of aromatic nitrogens is 3. The van der Waals surface area contributed by atoms with E-state index in [-0.39, 0.29) is 11.8 Å². The number of fused-ring (bicyclic) bond motifs is 13. The molecule has 1 fully saturated rings. The molecule has 0 N–H and O–H groups in total. The molecule has 9 aromatic carbocycles. The van der Waals surface area contributed by atoms with Gasteiger partial charge in [0.1, 0.15) is 22.3 Å². The van der Waals surface area contributed by atoms with Gasteiger partial charge >= 0.3 is 0 Å². The van der Waals surface area contributed by atoms with E-state index in [1.807, 2.05) is 18.2 Å². The van der Waals surface area contributed by atoms with Crippen molar-refractivity contribution in [2.75, 3.05) is 0 Å². The van der Waals surface area contributed by atoms with Crippen LogP contribution in [0, 0.1) is 5.92 Å². The van der Waals surface area contributed by atoms with Gasteiger partial charge in [-0.05, 0) is 110 Å². The van der Waals surface area contributed by atoms with Crippen LogP contribution in [0.25, 0.3) is 111 Å². The molecule has 0 saturated heterocycles. The fraction of sp³-hybridized carbons (Fsp3) is 0.0702. The summed E-state index contributed by atoms with van der Waals surface area (Å²) < 4.78 is 13.4. The van der Waals surface area contributed by atoms with Crippen molar-refractivity contribution in [2.24, 2.45) is 5.92 Å². The first-order chi connectivity index (χ1) is 30.7. The molecule has 0 amide bonds. The monoisotopic (exact) mass is 793 g/mol. The summed E-state index contributed by atoms with van der Waals surface area (Å²) in [5, 5.41) is 9.22. The van der Waals surface area contributed by atoms with E-state index in [4.69, 9.17) is 23.8 Å². The zero-order chi connectivity index (χ0) is 40.5. The molecular weight excluding hydrogens is 759 g/mol. The minimum atomic E-state index is 0.172. The molecule has 2 aliphatic rings. The third-order valence-electron chi connectivity index (χ3n) is 13.6. The third-order valence-corrected chi connectivity index (χ3v) is 13.6. The lowest BCUT2D eigenvalue weighted by Crippen LogP contribution is -2.03. The first kappa shape index (κ1) is 33.9. The number of para-hydroxylation sites is 2. The Hall–Kier alpha value is -7.89. The predicted molar refractivity (Wildman–Crippen MR) is 250 cm³/mol. The molecule has 12 aromatic rings. The van der Waals surface area contributed by atoms with Gasteiger partial charge in [-0.15, -0.1) is 0 Å². The quantitative estimate of drug-likeness (QED) is 0.178. The third kappa shape index (κ3) is 5.05. The van der Waals surface area contributed by atoms with Crippen molar-refractivity contribution in [3.63, 3.8) is 0 Å². The van der Waals surface area contributed by atoms with Crippen LogP contribution in [-0.2, 0) is 6.42 Å². The van der Waals surface area contributed by atoms with Crippen molar-refractivity contribution in [1.82, 2.24) is 15.0 Å². The summed E-state index contributed by atoms with van der Waals surface area (Å²) in [6.45, 7) is 0. The number of hydrogen-bond acceptors (Lipinski definition) is 5. The topological polar surface area (TPSA) is 65.0 Å². The second-order valence-corrected chi connectivity index (χ2v) is 17.0. The fourth-order valence-corrected chi connectivity index (χ4v) is 10.7. The Balaban J connectivity index is 1.01. The van der Waals surface area contributed by atoms with E-state index >= 15 is 0 Å². The van der Waals surface area contributed by atoms with Gasteiger partial charge in [-0.3, -0.25) is 0 Å². The molecule has 62 heavy (non-hydrogen) atoms. The Morgan fingerprint density at radius 1 is 0.387 bits per heavy atom. The predicted octanol–water partition coefficient (Wildman–Crippen LogP) is 14.7. The summed E-state index contributed by atoms with van der Waals surface area (Å²) in [5.74, 6) is 2.65. The molecule has 0 spiro atoms. The maximum Gasteiger partial charge on any atom is 0.164 e. The maximum atomic E-state index is 6.97. The zero-order valence-corrected chi connectivity index (χ0v) is 33.4. The van der Waals surface area contributed by atoms with Crippen LogP contribution >= 0.6 is 0 Å². The largest absolute Gasteiger partial charge is 0.456 e. The lowest BCUT2D eigenvalue weighted by molar-refractivity contribution is 0.660. The highest BCUT2D eigenvalue weighted by molar-refractivity contribution is 6.08. The minimum absolute atomic E-state index is 0.172. The van der Waals surface area contributed by atoms with Crippen LogP contribution in [0.15, 0.2) is 191 Å². The van der Waals surface area contributed by atoms with E-state index in [0.29, 0.717) is 23.4 Å². The van der Waals surface area contributed by atoms with Gasteiger partial charge in [-0.25, -0.2) is 15.0 Å². The van der Waals surface area contributed by atoms with Crippen molar-refractivity contribution in [3.8, 4) is 45.3 Å². The van der Waals surface area contributed by atoms with E-state index in [2.05, 4.69) is 164 Å². The van der Waals surface area contributed by atoms with Gasteiger partial charge in [0.25, 0.3) is 0 Å². The summed E-state index contributed by atoms with van der Waals surface area (Å²) in [4.78, 5) is 16.0. The average Bonchev–Trinajstić information content (AvgIpc) is 3.73. The molecular formula is C57H35N3O2. The van der Waals surface area contributed by atoms with Gasteiger partial charge in [-0.1, -0.05) is 140 Å². The molecule has 14 rings (SSSR count). The van der Waals surface area contributed by atoms with Crippen LogP contribution in [0.2, 0.25) is 0 Å². The van der Waals surface area contributed by atoms with Crippen LogP contribution in [-0.4, -0.2) is 15.0 Å². The molecule has 3 aromatic heterocycles. The van der Waals surface area contributed by atoms with Crippen LogP contribution in [0.5, 0.6) is 0 Å². The van der Waals surface area contributed by atoms with Crippen LogP contribution in [0.1, 0.15) is 28.5 Å². The molecule has 3 atom stereocenters. The number of furan rings is 2. The molecule has 5 nitrogen and oxygen atoms in total. The molecule has 0 bridgehead atoms. The van der Waals surface area contributed by atoms with Crippen LogP contribution < -0.4 is 0 Å². The molecule has 0 radical (unpaired) electrons. The zero-order valence-electron chi connectivity index (χ0n) is 33.4. The first-order valence-corrected chi connectivity index (χ1v) is 21.4. The Labute approximate surface area is 356 Å². The Morgan fingerprint density at radius 3 is 1.81 bits per heavy atom. The lowest BCUT2D eigenvalue weighted by Gasteiger charge is -2.16. The molecule has 0 aliphatic heterocycles. The number of nitrogens with zero attached hydrogens (tertiary/aromatic N) is 3. The molecule has 2 aliphatic carbocycles. The van der Waals surface area contributed by atoms with Gasteiger partial charge < -0.3 is 8.83 Å².